The van der Waals surface area contributed by atoms with Crippen LogP contribution in [0.15, 0.2) is 47.7 Å². The topological polar surface area (TPSA) is 51.6 Å². The second-order valence-electron chi connectivity index (χ2n) is 6.73. The highest BCUT2D eigenvalue weighted by atomic mass is 16.5. The molecule has 0 saturated carbocycles. The van der Waals surface area contributed by atoms with Gasteiger partial charge in [0.25, 0.3) is 0 Å². The summed E-state index contributed by atoms with van der Waals surface area (Å²) in [7, 11) is 0. The van der Waals surface area contributed by atoms with Crippen LogP contribution in [0.2, 0.25) is 0 Å². The fourth-order valence-electron chi connectivity index (χ4n) is 2.50. The van der Waals surface area contributed by atoms with Crippen LogP contribution in [0.1, 0.15) is 43.1 Å². The summed E-state index contributed by atoms with van der Waals surface area (Å²) < 4.78 is 5.77. The maximum atomic E-state index is 12.1. The van der Waals surface area contributed by atoms with Crippen LogP contribution in [0, 0.1) is 0 Å². The third kappa shape index (κ3) is 3.47. The fourth-order valence-corrected chi connectivity index (χ4v) is 2.50. The minimum Gasteiger partial charge on any atom is -0.488 e. The Morgan fingerprint density at radius 2 is 1.87 bits per heavy atom. The minimum atomic E-state index is 0.0686. The van der Waals surface area contributed by atoms with E-state index >= 15 is 0 Å². The van der Waals surface area contributed by atoms with E-state index in [1.807, 2.05) is 12.1 Å². The number of hydrogen-bond acceptors (Lipinski definition) is 4. The zero-order valence-corrected chi connectivity index (χ0v) is 13.7. The lowest BCUT2D eigenvalue weighted by atomic mass is 9.87. The van der Waals surface area contributed by atoms with Crippen molar-refractivity contribution in [3.05, 3.63) is 53.9 Å². The highest BCUT2D eigenvalue weighted by molar-refractivity contribution is 6.16. The van der Waals surface area contributed by atoms with Gasteiger partial charge in [0, 0.05) is 11.8 Å². The zero-order valence-electron chi connectivity index (χ0n) is 13.7. The summed E-state index contributed by atoms with van der Waals surface area (Å²) in [5, 5.41) is 0. The lowest BCUT2D eigenvalue weighted by molar-refractivity contribution is 0.0998. The summed E-state index contributed by atoms with van der Waals surface area (Å²) in [5.41, 5.74) is 3.38. The number of rotatable bonds is 3. The molecule has 23 heavy (non-hydrogen) atoms. The molecule has 0 N–H and O–H groups in total. The largest absolute Gasteiger partial charge is 0.488 e. The van der Waals surface area contributed by atoms with Gasteiger partial charge in [-0.1, -0.05) is 32.9 Å². The van der Waals surface area contributed by atoms with Crippen LogP contribution in [0.3, 0.4) is 0 Å². The number of carbonyl (C=O) groups is 1. The number of nitrogens with zero attached hydrogens (tertiary/aromatic N) is 2. The molecule has 0 unspecified atom stereocenters. The molecule has 0 spiro atoms. The van der Waals surface area contributed by atoms with Crippen molar-refractivity contribution in [1.82, 2.24) is 4.98 Å². The molecular weight excluding hydrogens is 288 g/mol. The Morgan fingerprint density at radius 3 is 2.57 bits per heavy atom. The molecule has 1 aromatic carbocycles. The van der Waals surface area contributed by atoms with Crippen molar-refractivity contribution in [1.29, 1.82) is 0 Å². The number of aliphatic imine (C=N–C) groups is 1. The SMILES string of the molecule is CC(C)(C)c1ccc(OCC2=Nc3cnccc3C(=O)C2)cc1. The summed E-state index contributed by atoms with van der Waals surface area (Å²) in [6, 6.07) is 9.78. The highest BCUT2D eigenvalue weighted by Crippen LogP contribution is 2.26. The average Bonchev–Trinajstić information content (AvgIpc) is 2.52. The molecule has 0 aliphatic carbocycles. The molecule has 0 radical (unpaired) electrons. The summed E-state index contributed by atoms with van der Waals surface area (Å²) >= 11 is 0. The van der Waals surface area contributed by atoms with Gasteiger partial charge in [0.05, 0.1) is 24.0 Å². The fraction of sp³-hybridized carbons (Fsp3) is 0.316. The first-order valence-electron chi connectivity index (χ1n) is 7.70. The maximum absolute atomic E-state index is 12.1. The number of pyridine rings is 1. The van der Waals surface area contributed by atoms with Crippen molar-refractivity contribution in [2.75, 3.05) is 6.61 Å². The summed E-state index contributed by atoms with van der Waals surface area (Å²) in [6.45, 7) is 6.85. The predicted molar refractivity (Wildman–Crippen MR) is 90.9 cm³/mol. The van der Waals surface area contributed by atoms with Crippen molar-refractivity contribution in [3.8, 4) is 5.75 Å². The van der Waals surface area contributed by atoms with Crippen molar-refractivity contribution < 1.29 is 9.53 Å². The third-order valence-electron chi connectivity index (χ3n) is 3.87. The Bertz CT molecular complexity index is 756. The standard InChI is InChI=1S/C19H20N2O2/c1-19(2,3)13-4-6-15(7-5-13)23-12-14-10-18(22)16-8-9-20-11-17(16)21-14/h4-9,11H,10,12H2,1-3H3. The van der Waals surface area contributed by atoms with E-state index in [1.165, 1.54) is 5.56 Å². The number of carbonyl (C=O) groups excluding carboxylic acids is 1. The van der Waals surface area contributed by atoms with Gasteiger partial charge in [-0.3, -0.25) is 14.8 Å². The van der Waals surface area contributed by atoms with E-state index in [4.69, 9.17) is 4.74 Å². The van der Waals surface area contributed by atoms with Gasteiger partial charge in [-0.2, -0.15) is 0 Å². The van der Waals surface area contributed by atoms with Crippen LogP contribution < -0.4 is 4.74 Å². The lowest BCUT2D eigenvalue weighted by Crippen LogP contribution is -2.19. The number of ether oxygens (including phenoxy) is 1. The number of Topliss-reactive ketones (excluding diaryl/α,β-unsaturated/α-hetero) is 1. The van der Waals surface area contributed by atoms with Gasteiger partial charge in [0.2, 0.25) is 0 Å². The van der Waals surface area contributed by atoms with E-state index in [0.717, 1.165) is 11.5 Å². The van der Waals surface area contributed by atoms with Crippen LogP contribution in [0.5, 0.6) is 5.75 Å². The third-order valence-corrected chi connectivity index (χ3v) is 3.87. The van der Waals surface area contributed by atoms with E-state index in [1.54, 1.807) is 18.5 Å². The van der Waals surface area contributed by atoms with Crippen molar-refractivity contribution >= 4 is 17.2 Å². The second-order valence-corrected chi connectivity index (χ2v) is 6.73. The Labute approximate surface area is 136 Å². The smallest absolute Gasteiger partial charge is 0.170 e. The molecule has 0 atom stereocenters. The molecule has 1 aliphatic heterocycles. The molecule has 0 bridgehead atoms. The zero-order chi connectivity index (χ0) is 16.4. The molecule has 1 aromatic heterocycles. The normalized spacial score (nSPS) is 14.2. The molecule has 0 saturated heterocycles. The minimum absolute atomic E-state index is 0.0686. The first-order valence-corrected chi connectivity index (χ1v) is 7.70. The van der Waals surface area contributed by atoms with Crippen LogP contribution in [0.4, 0.5) is 5.69 Å². The van der Waals surface area contributed by atoms with Gasteiger partial charge >= 0.3 is 0 Å². The molecule has 4 heteroatoms. The molecule has 0 fully saturated rings. The summed E-state index contributed by atoms with van der Waals surface area (Å²) in [4.78, 5) is 20.6. The van der Waals surface area contributed by atoms with Gasteiger partial charge in [0.15, 0.2) is 5.78 Å². The van der Waals surface area contributed by atoms with Crippen LogP contribution >= 0.6 is 0 Å². The Balaban J connectivity index is 1.70. The quantitative estimate of drug-likeness (QED) is 0.857. The molecule has 0 amide bonds. The molecule has 3 rings (SSSR count). The predicted octanol–water partition coefficient (Wildman–Crippen LogP) is 4.12. The first kappa shape index (κ1) is 15.4. The number of fused-ring (bicyclic) bond motifs is 1. The van der Waals surface area contributed by atoms with Crippen molar-refractivity contribution in [2.24, 2.45) is 4.99 Å². The number of hydrogen-bond donors (Lipinski definition) is 0. The number of aromatic nitrogens is 1. The first-order chi connectivity index (χ1) is 10.9. The Morgan fingerprint density at radius 1 is 1.13 bits per heavy atom. The van der Waals surface area contributed by atoms with Crippen LogP contribution in [-0.4, -0.2) is 23.1 Å². The molecule has 4 nitrogen and oxygen atoms in total. The van der Waals surface area contributed by atoms with Crippen LogP contribution in [-0.2, 0) is 5.41 Å². The molecular formula is C19H20N2O2. The van der Waals surface area contributed by atoms with Gasteiger partial charge in [-0.15, -0.1) is 0 Å². The van der Waals surface area contributed by atoms with Crippen molar-refractivity contribution in [3.63, 3.8) is 0 Å². The van der Waals surface area contributed by atoms with Gasteiger partial charge in [0.1, 0.15) is 12.4 Å². The summed E-state index contributed by atoms with van der Waals surface area (Å²) in [5.74, 6) is 0.851. The molecule has 1 aliphatic rings. The van der Waals surface area contributed by atoms with Crippen molar-refractivity contribution in [2.45, 2.75) is 32.6 Å². The Kier molecular flexibility index (Phi) is 3.99. The van der Waals surface area contributed by atoms with E-state index < -0.39 is 0 Å². The maximum Gasteiger partial charge on any atom is 0.170 e. The van der Waals surface area contributed by atoms with E-state index in [2.05, 4.69) is 42.9 Å². The van der Waals surface area contributed by atoms with E-state index in [0.29, 0.717) is 24.3 Å². The Hall–Kier alpha value is -2.49. The molecule has 2 aromatic rings. The second kappa shape index (κ2) is 5.95. The number of benzene rings is 1. The molecule has 2 heterocycles. The van der Waals surface area contributed by atoms with Gasteiger partial charge < -0.3 is 4.74 Å². The highest BCUT2D eigenvalue weighted by Gasteiger charge is 2.20. The van der Waals surface area contributed by atoms with E-state index in [9.17, 15) is 4.79 Å². The van der Waals surface area contributed by atoms with Gasteiger partial charge in [-0.25, -0.2) is 0 Å². The van der Waals surface area contributed by atoms with Crippen LogP contribution in [0.25, 0.3) is 0 Å². The summed E-state index contributed by atoms with van der Waals surface area (Å²) in [6.07, 6.45) is 3.53. The molecule has 118 valence electrons. The lowest BCUT2D eigenvalue weighted by Gasteiger charge is -2.19. The monoisotopic (exact) mass is 308 g/mol. The van der Waals surface area contributed by atoms with Gasteiger partial charge in [-0.05, 0) is 29.2 Å². The average molecular weight is 308 g/mol. The number of ketones is 1. The van der Waals surface area contributed by atoms with E-state index in [-0.39, 0.29) is 11.2 Å².